The van der Waals surface area contributed by atoms with Gasteiger partial charge in [-0.25, -0.2) is 8.42 Å². The molecule has 0 fully saturated rings. The summed E-state index contributed by atoms with van der Waals surface area (Å²) in [6.45, 7) is 1.67. The van der Waals surface area contributed by atoms with Crippen molar-refractivity contribution in [2.24, 2.45) is 0 Å². The fraction of sp³-hybridized carbons (Fsp3) is 0.0769. The van der Waals surface area contributed by atoms with Gasteiger partial charge in [-0.05, 0) is 42.8 Å². The van der Waals surface area contributed by atoms with Gasteiger partial charge in [0.05, 0.1) is 15.5 Å². The monoisotopic (exact) mass is 342 g/mol. The van der Waals surface area contributed by atoms with E-state index in [1.165, 1.54) is 12.1 Å². The van der Waals surface area contributed by atoms with Crippen molar-refractivity contribution in [3.63, 3.8) is 0 Å². The summed E-state index contributed by atoms with van der Waals surface area (Å²) < 4.78 is 26.9. The van der Waals surface area contributed by atoms with Crippen LogP contribution in [-0.4, -0.2) is 18.4 Å². The number of nitrogens with zero attached hydrogens (tertiary/aromatic N) is 1. The number of nitrogens with one attached hydrogen (secondary N) is 1. The summed E-state index contributed by atoms with van der Waals surface area (Å²) >= 11 is 5.80. The Morgan fingerprint density at radius 1 is 1.23 bits per heavy atom. The summed E-state index contributed by atoms with van der Waals surface area (Å²) in [5.74, 6) is -0.605. The molecule has 2 rings (SSSR count). The van der Waals surface area contributed by atoms with Crippen LogP contribution < -0.4 is 4.72 Å². The molecule has 9 heteroatoms. The molecule has 0 unspecified atom stereocenters. The standard InChI is InChI=1S/C13H11ClN2O5S/c1-8-6-9(14)2-4-11(8)15-22(20,21)10-3-5-13(17)12(7-10)16(18)19/h2-7,15,17H,1H3. The third-order valence-corrected chi connectivity index (χ3v) is 4.48. The number of aryl methyl sites for hydroxylation is 1. The highest BCUT2D eigenvalue weighted by Crippen LogP contribution is 2.29. The van der Waals surface area contributed by atoms with E-state index >= 15 is 0 Å². The fourth-order valence-electron chi connectivity index (χ4n) is 1.76. The fourth-order valence-corrected chi connectivity index (χ4v) is 3.14. The highest BCUT2D eigenvalue weighted by atomic mass is 35.5. The molecule has 2 N–H and O–H groups in total. The highest BCUT2D eigenvalue weighted by Gasteiger charge is 2.21. The van der Waals surface area contributed by atoms with Crippen molar-refractivity contribution in [2.75, 3.05) is 4.72 Å². The van der Waals surface area contributed by atoms with Crippen molar-refractivity contribution >= 4 is 33.0 Å². The molecule has 0 saturated heterocycles. The van der Waals surface area contributed by atoms with Gasteiger partial charge in [-0.3, -0.25) is 14.8 Å². The summed E-state index contributed by atoms with van der Waals surface area (Å²) in [6, 6.07) is 7.43. The second-order valence-electron chi connectivity index (χ2n) is 4.47. The molecule has 0 aliphatic rings. The van der Waals surface area contributed by atoms with Crippen LogP contribution in [0.3, 0.4) is 0 Å². The smallest absolute Gasteiger partial charge is 0.312 e. The lowest BCUT2D eigenvalue weighted by Crippen LogP contribution is -2.14. The van der Waals surface area contributed by atoms with Crippen LogP contribution in [-0.2, 0) is 10.0 Å². The lowest BCUT2D eigenvalue weighted by Gasteiger charge is -2.11. The number of benzene rings is 2. The number of anilines is 1. The molecule has 0 aromatic heterocycles. The van der Waals surface area contributed by atoms with Gasteiger partial charge in [0.25, 0.3) is 10.0 Å². The number of rotatable bonds is 4. The topological polar surface area (TPSA) is 110 Å². The number of phenols is 1. The average Bonchev–Trinajstić information content (AvgIpc) is 2.42. The summed E-state index contributed by atoms with van der Waals surface area (Å²) in [7, 11) is -4.03. The first-order valence-electron chi connectivity index (χ1n) is 5.97. The largest absolute Gasteiger partial charge is 0.502 e. The van der Waals surface area contributed by atoms with Crippen molar-refractivity contribution in [1.82, 2.24) is 0 Å². The van der Waals surface area contributed by atoms with Crippen molar-refractivity contribution in [2.45, 2.75) is 11.8 Å². The molecule has 0 amide bonds. The number of halogens is 1. The number of aromatic hydroxyl groups is 1. The van der Waals surface area contributed by atoms with Crippen LogP contribution in [0.25, 0.3) is 0 Å². The summed E-state index contributed by atoms with van der Waals surface area (Å²) in [5.41, 5.74) is 0.222. The quantitative estimate of drug-likeness (QED) is 0.655. The number of nitro benzene ring substituents is 1. The van der Waals surface area contributed by atoms with Gasteiger partial charge in [0, 0.05) is 11.1 Å². The molecule has 2 aromatic carbocycles. The highest BCUT2D eigenvalue weighted by molar-refractivity contribution is 7.92. The number of hydrogen-bond donors (Lipinski definition) is 2. The molecule has 0 radical (unpaired) electrons. The molecule has 22 heavy (non-hydrogen) atoms. The summed E-state index contributed by atoms with van der Waals surface area (Å²) in [5, 5.41) is 20.6. The Morgan fingerprint density at radius 2 is 1.91 bits per heavy atom. The predicted molar refractivity (Wildman–Crippen MR) is 81.8 cm³/mol. The minimum absolute atomic E-state index is 0.306. The van der Waals surface area contributed by atoms with Crippen LogP contribution in [0.4, 0.5) is 11.4 Å². The molecular formula is C13H11ClN2O5S. The second-order valence-corrected chi connectivity index (χ2v) is 6.59. The van der Waals surface area contributed by atoms with E-state index in [4.69, 9.17) is 11.6 Å². The number of sulfonamides is 1. The number of nitro groups is 1. The lowest BCUT2D eigenvalue weighted by molar-refractivity contribution is -0.386. The minimum Gasteiger partial charge on any atom is -0.502 e. The van der Waals surface area contributed by atoms with E-state index in [1.54, 1.807) is 13.0 Å². The van der Waals surface area contributed by atoms with Crippen LogP contribution >= 0.6 is 11.6 Å². The molecule has 116 valence electrons. The van der Waals surface area contributed by atoms with Gasteiger partial charge in [-0.15, -0.1) is 0 Å². The Morgan fingerprint density at radius 3 is 2.50 bits per heavy atom. The molecule has 0 saturated carbocycles. The van der Waals surface area contributed by atoms with E-state index in [-0.39, 0.29) is 4.90 Å². The Hall–Kier alpha value is -2.32. The van der Waals surface area contributed by atoms with Crippen LogP contribution in [0.15, 0.2) is 41.3 Å². The van der Waals surface area contributed by atoms with Crippen molar-refractivity contribution in [1.29, 1.82) is 0 Å². The van der Waals surface area contributed by atoms with E-state index in [0.717, 1.165) is 18.2 Å². The Labute approximate surface area is 131 Å². The van der Waals surface area contributed by atoms with Gasteiger partial charge >= 0.3 is 5.69 Å². The number of phenolic OH excluding ortho intramolecular Hbond substituents is 1. The molecular weight excluding hydrogens is 332 g/mol. The Bertz CT molecular complexity index is 852. The molecule has 0 aliphatic carbocycles. The van der Waals surface area contributed by atoms with Crippen LogP contribution in [0.2, 0.25) is 5.02 Å². The van der Waals surface area contributed by atoms with Crippen LogP contribution in [0.5, 0.6) is 5.75 Å². The third-order valence-electron chi connectivity index (χ3n) is 2.89. The molecule has 0 heterocycles. The molecule has 0 bridgehead atoms. The van der Waals surface area contributed by atoms with E-state index in [0.29, 0.717) is 16.3 Å². The maximum atomic E-state index is 12.3. The van der Waals surface area contributed by atoms with Gasteiger partial charge in [0.15, 0.2) is 5.75 Å². The Kier molecular flexibility index (Phi) is 4.25. The lowest BCUT2D eigenvalue weighted by atomic mass is 10.2. The SMILES string of the molecule is Cc1cc(Cl)ccc1NS(=O)(=O)c1ccc(O)c([N+](=O)[O-])c1. The predicted octanol–water partition coefficient (Wildman–Crippen LogP) is 3.06. The van der Waals surface area contributed by atoms with Gasteiger partial charge in [-0.2, -0.15) is 0 Å². The minimum atomic E-state index is -4.03. The number of hydrogen-bond acceptors (Lipinski definition) is 5. The first-order valence-corrected chi connectivity index (χ1v) is 7.83. The van der Waals surface area contributed by atoms with Crippen molar-refractivity contribution in [3.05, 3.63) is 57.1 Å². The zero-order chi connectivity index (χ0) is 16.5. The summed E-state index contributed by atoms with van der Waals surface area (Å²) in [4.78, 5) is 9.58. The zero-order valence-corrected chi connectivity index (χ0v) is 12.9. The average molecular weight is 343 g/mol. The Balaban J connectivity index is 2.42. The van der Waals surface area contributed by atoms with Gasteiger partial charge in [0.2, 0.25) is 0 Å². The van der Waals surface area contributed by atoms with E-state index < -0.39 is 26.4 Å². The zero-order valence-electron chi connectivity index (χ0n) is 11.3. The maximum Gasteiger partial charge on any atom is 0.312 e. The van der Waals surface area contributed by atoms with E-state index in [1.807, 2.05) is 0 Å². The first-order chi connectivity index (χ1) is 10.2. The molecule has 0 atom stereocenters. The van der Waals surface area contributed by atoms with Gasteiger partial charge < -0.3 is 5.11 Å². The van der Waals surface area contributed by atoms with Crippen LogP contribution in [0, 0.1) is 17.0 Å². The van der Waals surface area contributed by atoms with Crippen molar-refractivity contribution < 1.29 is 18.4 Å². The van der Waals surface area contributed by atoms with Gasteiger partial charge in [-0.1, -0.05) is 11.6 Å². The van der Waals surface area contributed by atoms with Gasteiger partial charge in [0.1, 0.15) is 0 Å². The van der Waals surface area contributed by atoms with E-state index in [9.17, 15) is 23.6 Å². The second kappa shape index (κ2) is 5.82. The van der Waals surface area contributed by atoms with E-state index in [2.05, 4.69) is 4.72 Å². The molecule has 7 nitrogen and oxygen atoms in total. The molecule has 2 aromatic rings. The third kappa shape index (κ3) is 3.29. The van der Waals surface area contributed by atoms with Crippen molar-refractivity contribution in [3.8, 4) is 5.75 Å². The maximum absolute atomic E-state index is 12.3. The molecule has 0 aliphatic heterocycles. The normalized spacial score (nSPS) is 11.2. The van der Waals surface area contributed by atoms with Crippen LogP contribution in [0.1, 0.15) is 5.56 Å². The summed E-state index contributed by atoms with van der Waals surface area (Å²) in [6.07, 6.45) is 0. The molecule has 0 spiro atoms. The first kappa shape index (κ1) is 16.1.